The van der Waals surface area contributed by atoms with Gasteiger partial charge in [0.15, 0.2) is 0 Å². The number of hydrogen-bond acceptors (Lipinski definition) is 4. The van der Waals surface area contributed by atoms with Crippen molar-refractivity contribution in [2.75, 3.05) is 10.5 Å². The van der Waals surface area contributed by atoms with Crippen LogP contribution in [0.25, 0.3) is 0 Å². The predicted octanol–water partition coefficient (Wildman–Crippen LogP) is 2.22. The Labute approximate surface area is 116 Å². The first-order chi connectivity index (χ1) is 9.29. The van der Waals surface area contributed by atoms with Gasteiger partial charge in [0.25, 0.3) is 10.0 Å². The molecule has 1 aromatic carbocycles. The summed E-state index contributed by atoms with van der Waals surface area (Å²) in [5, 5.41) is 0. The van der Waals surface area contributed by atoms with Crippen molar-refractivity contribution in [1.82, 2.24) is 4.98 Å². The Balaban J connectivity index is 2.41. The summed E-state index contributed by atoms with van der Waals surface area (Å²) in [6, 6.07) is 7.07. The molecule has 0 saturated heterocycles. The van der Waals surface area contributed by atoms with E-state index in [1.165, 1.54) is 19.1 Å². The first-order valence-electron chi connectivity index (χ1n) is 5.82. The third-order valence-corrected chi connectivity index (χ3v) is 4.13. The molecule has 5 nitrogen and oxygen atoms in total. The summed E-state index contributed by atoms with van der Waals surface area (Å²) in [6.07, 6.45) is 0. The van der Waals surface area contributed by atoms with E-state index in [-0.39, 0.29) is 22.0 Å². The Morgan fingerprint density at radius 2 is 1.95 bits per heavy atom. The van der Waals surface area contributed by atoms with E-state index in [0.29, 0.717) is 5.69 Å². The van der Waals surface area contributed by atoms with Gasteiger partial charge in [-0.3, -0.25) is 4.72 Å². The normalized spacial score (nSPS) is 11.3. The maximum Gasteiger partial charge on any atom is 0.263 e. The molecule has 3 N–H and O–H groups in total. The van der Waals surface area contributed by atoms with Crippen molar-refractivity contribution in [3.63, 3.8) is 0 Å². The smallest absolute Gasteiger partial charge is 0.263 e. The van der Waals surface area contributed by atoms with Crippen LogP contribution >= 0.6 is 0 Å². The third kappa shape index (κ3) is 2.88. The van der Waals surface area contributed by atoms with Crippen molar-refractivity contribution < 1.29 is 12.8 Å². The lowest BCUT2D eigenvalue weighted by atomic mass is 10.2. The average Bonchev–Trinajstić information content (AvgIpc) is 2.34. The first-order valence-corrected chi connectivity index (χ1v) is 7.30. The standard InChI is InChI=1S/C13H14FN3O2S/c1-8-4-3-5-13(16-8)17-20(18,19)10-6-11(14)9(2)12(15)7-10/h3-7H,15H2,1-2H3,(H,16,17). The number of nitrogen functional groups attached to an aromatic ring is 1. The molecule has 7 heteroatoms. The Bertz CT molecular complexity index is 737. The van der Waals surface area contributed by atoms with Gasteiger partial charge in [0.1, 0.15) is 11.6 Å². The molecule has 1 aromatic heterocycles. The second-order valence-electron chi connectivity index (χ2n) is 4.39. The van der Waals surface area contributed by atoms with Crippen molar-refractivity contribution in [3.8, 4) is 0 Å². The summed E-state index contributed by atoms with van der Waals surface area (Å²) in [6.45, 7) is 3.22. The molecule has 0 unspecified atom stereocenters. The van der Waals surface area contributed by atoms with Gasteiger partial charge in [-0.25, -0.2) is 17.8 Å². The maximum absolute atomic E-state index is 13.6. The highest BCUT2D eigenvalue weighted by Crippen LogP contribution is 2.22. The molecule has 0 fully saturated rings. The van der Waals surface area contributed by atoms with Crippen LogP contribution in [-0.2, 0) is 10.0 Å². The second kappa shape index (κ2) is 5.09. The lowest BCUT2D eigenvalue weighted by Gasteiger charge is -2.10. The maximum atomic E-state index is 13.6. The quantitative estimate of drug-likeness (QED) is 0.850. The van der Waals surface area contributed by atoms with Crippen LogP contribution in [0.3, 0.4) is 0 Å². The number of aromatic nitrogens is 1. The Hall–Kier alpha value is -2.15. The topological polar surface area (TPSA) is 85.1 Å². The van der Waals surface area contributed by atoms with E-state index in [2.05, 4.69) is 9.71 Å². The molecule has 20 heavy (non-hydrogen) atoms. The average molecular weight is 295 g/mol. The van der Waals surface area contributed by atoms with Crippen molar-refractivity contribution in [2.24, 2.45) is 0 Å². The number of nitrogens with one attached hydrogen (secondary N) is 1. The molecule has 0 atom stereocenters. The van der Waals surface area contributed by atoms with Gasteiger partial charge in [-0.15, -0.1) is 0 Å². The van der Waals surface area contributed by atoms with Gasteiger partial charge in [0, 0.05) is 16.9 Å². The van der Waals surface area contributed by atoms with E-state index in [1.807, 2.05) is 0 Å². The zero-order valence-corrected chi connectivity index (χ0v) is 11.8. The highest BCUT2D eigenvalue weighted by molar-refractivity contribution is 7.92. The molecule has 0 spiro atoms. The molecule has 2 rings (SSSR count). The van der Waals surface area contributed by atoms with E-state index >= 15 is 0 Å². The monoisotopic (exact) mass is 295 g/mol. The number of rotatable bonds is 3. The molecule has 0 aliphatic rings. The fraction of sp³-hybridized carbons (Fsp3) is 0.154. The summed E-state index contributed by atoms with van der Waals surface area (Å²) in [5.41, 5.74) is 6.56. The molecule has 0 aliphatic carbocycles. The third-order valence-electron chi connectivity index (χ3n) is 2.80. The Kier molecular flexibility index (Phi) is 3.63. The van der Waals surface area contributed by atoms with Gasteiger partial charge < -0.3 is 5.73 Å². The van der Waals surface area contributed by atoms with E-state index in [0.717, 1.165) is 6.07 Å². The second-order valence-corrected chi connectivity index (χ2v) is 6.07. The van der Waals surface area contributed by atoms with E-state index in [9.17, 15) is 12.8 Å². The van der Waals surface area contributed by atoms with Crippen LogP contribution in [0.2, 0.25) is 0 Å². The lowest BCUT2D eigenvalue weighted by molar-refractivity contribution is 0.593. The minimum absolute atomic E-state index is 0.0857. The fourth-order valence-corrected chi connectivity index (χ4v) is 2.67. The number of aryl methyl sites for hydroxylation is 1. The summed E-state index contributed by atoms with van der Waals surface area (Å²) in [4.78, 5) is 3.80. The van der Waals surface area contributed by atoms with Crippen LogP contribution in [0, 0.1) is 19.7 Å². The summed E-state index contributed by atoms with van der Waals surface area (Å²) < 4.78 is 40.2. The number of benzene rings is 1. The molecule has 1 heterocycles. The van der Waals surface area contributed by atoms with Crippen molar-refractivity contribution >= 4 is 21.5 Å². The lowest BCUT2D eigenvalue weighted by Crippen LogP contribution is -2.15. The van der Waals surface area contributed by atoms with Crippen LogP contribution in [-0.4, -0.2) is 13.4 Å². The SMILES string of the molecule is Cc1cccc(NS(=O)(=O)c2cc(N)c(C)c(F)c2)n1. The zero-order valence-electron chi connectivity index (χ0n) is 11.0. The Morgan fingerprint density at radius 1 is 1.25 bits per heavy atom. The van der Waals surface area contributed by atoms with Gasteiger partial charge in [0.05, 0.1) is 4.90 Å². The molecule has 0 radical (unpaired) electrons. The van der Waals surface area contributed by atoms with Gasteiger partial charge in [-0.1, -0.05) is 6.07 Å². The predicted molar refractivity (Wildman–Crippen MR) is 75.3 cm³/mol. The number of anilines is 2. The molecule has 0 saturated carbocycles. The highest BCUT2D eigenvalue weighted by Gasteiger charge is 2.18. The van der Waals surface area contributed by atoms with Crippen LogP contribution in [0.5, 0.6) is 0 Å². The van der Waals surface area contributed by atoms with E-state index in [1.54, 1.807) is 19.1 Å². The van der Waals surface area contributed by atoms with Crippen molar-refractivity contribution in [2.45, 2.75) is 18.7 Å². The number of sulfonamides is 1. The zero-order chi connectivity index (χ0) is 14.9. The summed E-state index contributed by atoms with van der Waals surface area (Å²) in [5.74, 6) is -0.493. The van der Waals surface area contributed by atoms with Gasteiger partial charge in [0.2, 0.25) is 0 Å². The number of nitrogens with two attached hydrogens (primary N) is 1. The van der Waals surface area contributed by atoms with Gasteiger partial charge in [-0.2, -0.15) is 0 Å². The molecule has 0 amide bonds. The number of pyridine rings is 1. The first kappa shape index (κ1) is 14.3. The number of hydrogen-bond donors (Lipinski definition) is 2. The minimum atomic E-state index is -3.92. The molecule has 106 valence electrons. The van der Waals surface area contributed by atoms with Crippen LogP contribution < -0.4 is 10.5 Å². The van der Waals surface area contributed by atoms with Gasteiger partial charge >= 0.3 is 0 Å². The largest absolute Gasteiger partial charge is 0.398 e. The van der Waals surface area contributed by atoms with Crippen molar-refractivity contribution in [1.29, 1.82) is 0 Å². The van der Waals surface area contributed by atoms with Crippen LogP contribution in [0.4, 0.5) is 15.9 Å². The van der Waals surface area contributed by atoms with E-state index < -0.39 is 15.8 Å². The van der Waals surface area contributed by atoms with Crippen LogP contribution in [0.15, 0.2) is 35.2 Å². The molecule has 0 bridgehead atoms. The van der Waals surface area contributed by atoms with Crippen molar-refractivity contribution in [3.05, 3.63) is 47.4 Å². The Morgan fingerprint density at radius 3 is 2.55 bits per heavy atom. The molecular weight excluding hydrogens is 281 g/mol. The van der Waals surface area contributed by atoms with Gasteiger partial charge in [-0.05, 0) is 38.1 Å². The summed E-state index contributed by atoms with van der Waals surface area (Å²) in [7, 11) is -3.92. The molecule has 0 aliphatic heterocycles. The highest BCUT2D eigenvalue weighted by atomic mass is 32.2. The minimum Gasteiger partial charge on any atom is -0.398 e. The molecular formula is C13H14FN3O2S. The number of nitrogens with zero attached hydrogens (tertiary/aromatic N) is 1. The summed E-state index contributed by atoms with van der Waals surface area (Å²) >= 11 is 0. The fourth-order valence-electron chi connectivity index (χ4n) is 1.63. The van der Waals surface area contributed by atoms with Crippen LogP contribution in [0.1, 0.15) is 11.3 Å². The van der Waals surface area contributed by atoms with E-state index in [4.69, 9.17) is 5.73 Å². The number of halogens is 1. The molecule has 2 aromatic rings.